The lowest BCUT2D eigenvalue weighted by Gasteiger charge is -2.03. The highest BCUT2D eigenvalue weighted by Gasteiger charge is 2.11. The summed E-state index contributed by atoms with van der Waals surface area (Å²) in [7, 11) is 1.28. The zero-order chi connectivity index (χ0) is 10.6. The monoisotopic (exact) mass is 213 g/mol. The topological polar surface area (TPSA) is 55.7 Å². The normalized spacial score (nSPS) is 11.9. The van der Waals surface area contributed by atoms with Crippen molar-refractivity contribution < 1.29 is 9.53 Å². The number of methoxy groups -OCH3 is 1. The van der Waals surface area contributed by atoms with Gasteiger partial charge in [-0.2, -0.15) is 0 Å². The van der Waals surface area contributed by atoms with Gasteiger partial charge >= 0.3 is 5.97 Å². The summed E-state index contributed by atoms with van der Waals surface area (Å²) >= 11 is 5.58. The van der Waals surface area contributed by atoms with Crippen LogP contribution in [0.1, 0.15) is 21.4 Å². The number of hydrogen-bond acceptors (Lipinski definition) is 4. The summed E-state index contributed by atoms with van der Waals surface area (Å²) < 4.78 is 4.51. The summed E-state index contributed by atoms with van der Waals surface area (Å²) in [5.41, 5.74) is -0.150. The number of rotatable bonds is 3. The fraction of sp³-hybridized carbons (Fsp3) is 0.222. The smallest absolute Gasteiger partial charge is 0.337 e. The van der Waals surface area contributed by atoms with Crippen molar-refractivity contribution in [2.24, 2.45) is 5.18 Å². The van der Waals surface area contributed by atoms with Gasteiger partial charge in [-0.1, -0.05) is 23.7 Å². The molecule has 1 aromatic carbocycles. The molecule has 0 heterocycles. The zero-order valence-electron chi connectivity index (χ0n) is 7.44. The number of benzene rings is 1. The zero-order valence-corrected chi connectivity index (χ0v) is 8.19. The molecule has 0 aromatic heterocycles. The minimum Gasteiger partial charge on any atom is -0.465 e. The van der Waals surface area contributed by atoms with E-state index in [0.717, 1.165) is 0 Å². The van der Waals surface area contributed by atoms with Crippen LogP contribution in [0.3, 0.4) is 0 Å². The molecule has 1 aromatic rings. The van der Waals surface area contributed by atoms with E-state index in [1.165, 1.54) is 13.2 Å². The third-order valence-corrected chi connectivity index (χ3v) is 2.01. The van der Waals surface area contributed by atoms with Gasteiger partial charge in [0.2, 0.25) is 0 Å². The standard InChI is InChI=1S/C9H8ClNO3/c1-14-9(12)7-4-2-3-6(5-7)8(10)11-13/h2-5,8H,1H3. The first-order valence-corrected chi connectivity index (χ1v) is 4.27. The summed E-state index contributed by atoms with van der Waals surface area (Å²) in [6.07, 6.45) is 0. The lowest BCUT2D eigenvalue weighted by molar-refractivity contribution is 0.0600. The first kappa shape index (κ1) is 10.7. The van der Waals surface area contributed by atoms with Crippen LogP contribution in [0.2, 0.25) is 0 Å². The van der Waals surface area contributed by atoms with Gasteiger partial charge in [0.25, 0.3) is 0 Å². The quantitative estimate of drug-likeness (QED) is 0.335. The van der Waals surface area contributed by atoms with Crippen molar-refractivity contribution in [1.82, 2.24) is 0 Å². The highest BCUT2D eigenvalue weighted by atomic mass is 35.5. The third kappa shape index (κ3) is 2.29. The van der Waals surface area contributed by atoms with Gasteiger partial charge in [0.05, 0.1) is 12.7 Å². The van der Waals surface area contributed by atoms with Crippen LogP contribution in [0.25, 0.3) is 0 Å². The Hall–Kier alpha value is -1.42. The number of esters is 1. The van der Waals surface area contributed by atoms with Crippen molar-refractivity contribution >= 4 is 17.6 Å². The predicted molar refractivity (Wildman–Crippen MR) is 52.2 cm³/mol. The van der Waals surface area contributed by atoms with Crippen molar-refractivity contribution in [3.8, 4) is 0 Å². The molecule has 0 amide bonds. The Morgan fingerprint density at radius 3 is 2.86 bits per heavy atom. The van der Waals surface area contributed by atoms with Gasteiger partial charge in [-0.3, -0.25) is 0 Å². The van der Waals surface area contributed by atoms with Crippen LogP contribution in [-0.4, -0.2) is 13.1 Å². The Balaban J connectivity index is 3.00. The van der Waals surface area contributed by atoms with Crippen molar-refractivity contribution in [3.63, 3.8) is 0 Å². The van der Waals surface area contributed by atoms with Crippen molar-refractivity contribution in [2.75, 3.05) is 7.11 Å². The van der Waals surface area contributed by atoms with Crippen LogP contribution in [0.15, 0.2) is 29.4 Å². The summed E-state index contributed by atoms with van der Waals surface area (Å²) in [5, 5.41) is 2.65. The minimum atomic E-state index is -0.973. The van der Waals surface area contributed by atoms with E-state index in [1.807, 2.05) is 0 Å². The van der Waals surface area contributed by atoms with E-state index in [-0.39, 0.29) is 0 Å². The Bertz CT molecular complexity index is 354. The van der Waals surface area contributed by atoms with E-state index >= 15 is 0 Å². The van der Waals surface area contributed by atoms with Crippen molar-refractivity contribution in [3.05, 3.63) is 40.3 Å². The second kappa shape index (κ2) is 4.72. The third-order valence-electron chi connectivity index (χ3n) is 1.68. The first-order chi connectivity index (χ1) is 6.69. The minimum absolute atomic E-state index is 0.347. The van der Waals surface area contributed by atoms with E-state index in [1.54, 1.807) is 18.2 Å². The molecular weight excluding hydrogens is 206 g/mol. The first-order valence-electron chi connectivity index (χ1n) is 3.84. The molecule has 1 unspecified atom stereocenters. The molecule has 0 radical (unpaired) electrons. The number of nitroso groups, excluding NO2 is 1. The number of alkyl halides is 1. The molecule has 0 aliphatic carbocycles. The van der Waals surface area contributed by atoms with Crippen molar-refractivity contribution in [1.29, 1.82) is 0 Å². The van der Waals surface area contributed by atoms with E-state index in [4.69, 9.17) is 11.6 Å². The molecule has 0 saturated carbocycles. The number of carbonyl (C=O) groups is 1. The number of halogens is 1. The molecule has 0 spiro atoms. The Morgan fingerprint density at radius 2 is 2.29 bits per heavy atom. The maximum absolute atomic E-state index is 11.1. The SMILES string of the molecule is COC(=O)c1cccc(C(Cl)N=O)c1. The maximum Gasteiger partial charge on any atom is 0.337 e. The highest BCUT2D eigenvalue weighted by molar-refractivity contribution is 6.20. The predicted octanol–water partition coefficient (Wildman–Crippen LogP) is 2.48. The Morgan fingerprint density at radius 1 is 1.57 bits per heavy atom. The van der Waals surface area contributed by atoms with Crippen LogP contribution in [0, 0.1) is 4.91 Å². The summed E-state index contributed by atoms with van der Waals surface area (Å²) in [6, 6.07) is 6.28. The van der Waals surface area contributed by atoms with Gasteiger partial charge in [-0.25, -0.2) is 4.79 Å². The molecule has 0 aliphatic rings. The molecule has 0 N–H and O–H groups in total. The molecule has 74 valence electrons. The molecule has 1 rings (SSSR count). The number of nitrogens with zero attached hydrogens (tertiary/aromatic N) is 1. The van der Waals surface area contributed by atoms with E-state index in [0.29, 0.717) is 11.1 Å². The molecule has 0 bridgehead atoms. The lowest BCUT2D eigenvalue weighted by Crippen LogP contribution is -2.01. The number of hydrogen-bond donors (Lipinski definition) is 0. The van der Waals surface area contributed by atoms with Gasteiger partial charge in [0, 0.05) is 0 Å². The van der Waals surface area contributed by atoms with Gasteiger partial charge in [-0.05, 0) is 22.9 Å². The fourth-order valence-corrected chi connectivity index (χ4v) is 1.13. The molecule has 14 heavy (non-hydrogen) atoms. The van der Waals surface area contributed by atoms with E-state index < -0.39 is 11.5 Å². The largest absolute Gasteiger partial charge is 0.465 e. The van der Waals surface area contributed by atoms with Crippen LogP contribution < -0.4 is 0 Å². The molecule has 0 saturated heterocycles. The van der Waals surface area contributed by atoms with Crippen LogP contribution in [0.4, 0.5) is 0 Å². The van der Waals surface area contributed by atoms with Gasteiger partial charge in [0.15, 0.2) is 5.50 Å². The van der Waals surface area contributed by atoms with Crippen molar-refractivity contribution in [2.45, 2.75) is 5.50 Å². The van der Waals surface area contributed by atoms with Gasteiger partial charge in [-0.15, -0.1) is 4.91 Å². The molecule has 0 fully saturated rings. The highest BCUT2D eigenvalue weighted by Crippen LogP contribution is 2.22. The Kier molecular flexibility index (Phi) is 3.59. The molecular formula is C9H8ClNO3. The summed E-state index contributed by atoms with van der Waals surface area (Å²) in [6.45, 7) is 0. The maximum atomic E-state index is 11.1. The number of ether oxygens (including phenoxy) is 1. The van der Waals surface area contributed by atoms with Gasteiger partial charge < -0.3 is 4.74 Å². The average Bonchev–Trinajstić information content (AvgIpc) is 2.27. The Labute approximate surface area is 85.8 Å². The fourth-order valence-electron chi connectivity index (χ4n) is 0.993. The average molecular weight is 214 g/mol. The van der Waals surface area contributed by atoms with E-state index in [9.17, 15) is 9.70 Å². The van der Waals surface area contributed by atoms with Crippen LogP contribution in [-0.2, 0) is 4.74 Å². The lowest BCUT2D eigenvalue weighted by atomic mass is 10.1. The molecule has 1 atom stereocenters. The summed E-state index contributed by atoms with van der Waals surface area (Å²) in [4.78, 5) is 21.3. The molecule has 5 heteroatoms. The summed E-state index contributed by atoms with van der Waals surface area (Å²) in [5.74, 6) is -0.471. The van der Waals surface area contributed by atoms with Crippen LogP contribution >= 0.6 is 11.6 Å². The molecule has 0 aliphatic heterocycles. The number of carbonyl (C=O) groups excluding carboxylic acids is 1. The van der Waals surface area contributed by atoms with Gasteiger partial charge in [0.1, 0.15) is 0 Å². The second-order valence-electron chi connectivity index (χ2n) is 2.56. The van der Waals surface area contributed by atoms with E-state index in [2.05, 4.69) is 9.91 Å². The second-order valence-corrected chi connectivity index (χ2v) is 2.97. The molecule has 4 nitrogen and oxygen atoms in total. The van der Waals surface area contributed by atoms with Crippen LogP contribution in [0.5, 0.6) is 0 Å².